The van der Waals surface area contributed by atoms with E-state index < -0.39 is 4.92 Å². The van der Waals surface area contributed by atoms with Crippen LogP contribution in [0, 0.1) is 10.1 Å². The highest BCUT2D eigenvalue weighted by Gasteiger charge is 2.15. The van der Waals surface area contributed by atoms with E-state index in [1.54, 1.807) is 24.3 Å². The molecule has 0 aliphatic rings. The predicted octanol–water partition coefficient (Wildman–Crippen LogP) is 6.03. The van der Waals surface area contributed by atoms with Crippen molar-refractivity contribution < 1.29 is 14.4 Å². The third kappa shape index (κ3) is 5.29. The van der Waals surface area contributed by atoms with Crippen molar-refractivity contribution in [3.63, 3.8) is 0 Å². The van der Waals surface area contributed by atoms with Crippen LogP contribution in [0.25, 0.3) is 10.9 Å². The molecular formula is C24H19Br2N5O5. The maximum atomic E-state index is 13.2. The standard InChI is InChI=1S/C24H19Br2N5O5/c1-13(2)23-29-19-6-4-15(25)9-17(19)24(32)30(23)28-11-14-8-20(35-3)21(10-18(14)26)36-22-7-5-16(12-27-22)31(33)34/h4-13H,1-3H3. The minimum Gasteiger partial charge on any atom is -0.493 e. The lowest BCUT2D eigenvalue weighted by atomic mass is 10.2. The number of methoxy groups -OCH3 is 1. The number of rotatable bonds is 7. The van der Waals surface area contributed by atoms with Gasteiger partial charge >= 0.3 is 0 Å². The van der Waals surface area contributed by atoms with Crippen molar-refractivity contribution in [1.82, 2.24) is 14.6 Å². The average molecular weight is 617 g/mol. The van der Waals surface area contributed by atoms with E-state index in [1.807, 2.05) is 19.9 Å². The SMILES string of the molecule is COc1cc(C=Nn2c(C(C)C)nc3ccc(Br)cc3c2=O)c(Br)cc1Oc1ccc([N+](=O)[O-])cn1. The van der Waals surface area contributed by atoms with Gasteiger partial charge in [-0.05, 0) is 46.3 Å². The zero-order valence-electron chi connectivity index (χ0n) is 19.3. The molecule has 0 amide bonds. The summed E-state index contributed by atoms with van der Waals surface area (Å²) in [5.74, 6) is 1.34. The van der Waals surface area contributed by atoms with Crippen molar-refractivity contribution >= 4 is 54.7 Å². The zero-order chi connectivity index (χ0) is 26.0. The van der Waals surface area contributed by atoms with Gasteiger partial charge in [-0.3, -0.25) is 14.9 Å². The second-order valence-corrected chi connectivity index (χ2v) is 9.66. The molecule has 36 heavy (non-hydrogen) atoms. The van der Waals surface area contributed by atoms with Gasteiger partial charge in [0.15, 0.2) is 11.5 Å². The first-order chi connectivity index (χ1) is 17.2. The molecule has 0 radical (unpaired) electrons. The summed E-state index contributed by atoms with van der Waals surface area (Å²) in [5.41, 5.74) is 0.788. The molecule has 4 aromatic rings. The van der Waals surface area contributed by atoms with Gasteiger partial charge in [0.1, 0.15) is 12.0 Å². The van der Waals surface area contributed by atoms with Gasteiger partial charge in [0.25, 0.3) is 11.2 Å². The van der Waals surface area contributed by atoms with Crippen LogP contribution in [-0.4, -0.2) is 32.9 Å². The second kappa shape index (κ2) is 10.5. The minimum absolute atomic E-state index is 0.0501. The van der Waals surface area contributed by atoms with Crippen molar-refractivity contribution in [2.75, 3.05) is 7.11 Å². The third-order valence-corrected chi connectivity index (χ3v) is 6.27. The van der Waals surface area contributed by atoms with E-state index in [0.717, 1.165) is 10.7 Å². The maximum Gasteiger partial charge on any atom is 0.287 e. The Hall–Kier alpha value is -3.64. The third-order valence-electron chi connectivity index (χ3n) is 5.09. The van der Waals surface area contributed by atoms with E-state index in [9.17, 15) is 14.9 Å². The Morgan fingerprint density at radius 1 is 1.14 bits per heavy atom. The number of aromatic nitrogens is 3. The molecule has 0 atom stereocenters. The summed E-state index contributed by atoms with van der Waals surface area (Å²) in [7, 11) is 1.48. The number of nitro groups is 1. The first-order valence-electron chi connectivity index (χ1n) is 10.6. The Balaban J connectivity index is 1.71. The predicted molar refractivity (Wildman–Crippen MR) is 142 cm³/mol. The smallest absolute Gasteiger partial charge is 0.287 e. The first-order valence-corrected chi connectivity index (χ1v) is 12.2. The van der Waals surface area contributed by atoms with Gasteiger partial charge in [-0.15, -0.1) is 0 Å². The van der Waals surface area contributed by atoms with Gasteiger partial charge < -0.3 is 9.47 Å². The molecule has 10 nitrogen and oxygen atoms in total. The molecule has 0 saturated carbocycles. The van der Waals surface area contributed by atoms with Crippen molar-refractivity contribution in [1.29, 1.82) is 0 Å². The number of halogens is 2. The number of pyridine rings is 1. The Labute approximate surface area is 222 Å². The van der Waals surface area contributed by atoms with E-state index in [0.29, 0.717) is 38.3 Å². The summed E-state index contributed by atoms with van der Waals surface area (Å²) in [5, 5.41) is 15.7. The zero-order valence-corrected chi connectivity index (χ0v) is 22.5. The van der Waals surface area contributed by atoms with E-state index in [-0.39, 0.29) is 23.0 Å². The Kier molecular flexibility index (Phi) is 7.45. The molecule has 2 aromatic heterocycles. The van der Waals surface area contributed by atoms with Gasteiger partial charge in [0.05, 0.1) is 29.2 Å². The van der Waals surface area contributed by atoms with Gasteiger partial charge in [-0.25, -0.2) is 9.97 Å². The molecule has 184 valence electrons. The molecule has 0 fully saturated rings. The first kappa shape index (κ1) is 25.5. The van der Waals surface area contributed by atoms with Crippen LogP contribution in [0.2, 0.25) is 0 Å². The molecule has 0 bridgehead atoms. The summed E-state index contributed by atoms with van der Waals surface area (Å²) in [6, 6.07) is 11.4. The summed E-state index contributed by atoms with van der Waals surface area (Å²) in [6.07, 6.45) is 2.64. The lowest BCUT2D eigenvalue weighted by Crippen LogP contribution is -2.23. The molecule has 4 rings (SSSR count). The van der Waals surface area contributed by atoms with Crippen LogP contribution >= 0.6 is 31.9 Å². The fourth-order valence-corrected chi connectivity index (χ4v) is 4.10. The van der Waals surface area contributed by atoms with Crippen LogP contribution in [0.15, 0.2) is 67.5 Å². The molecule has 0 aliphatic heterocycles. The van der Waals surface area contributed by atoms with Gasteiger partial charge in [0.2, 0.25) is 5.88 Å². The van der Waals surface area contributed by atoms with Gasteiger partial charge in [0, 0.05) is 32.6 Å². The molecule has 0 aliphatic carbocycles. The molecule has 0 unspecified atom stereocenters. The van der Waals surface area contributed by atoms with Gasteiger partial charge in [-0.2, -0.15) is 9.78 Å². The summed E-state index contributed by atoms with van der Waals surface area (Å²) in [6.45, 7) is 3.88. The van der Waals surface area contributed by atoms with Crippen molar-refractivity contribution in [2.45, 2.75) is 19.8 Å². The highest BCUT2D eigenvalue weighted by molar-refractivity contribution is 9.10. The van der Waals surface area contributed by atoms with Gasteiger partial charge in [-0.1, -0.05) is 29.8 Å². The normalized spacial score (nSPS) is 11.4. The van der Waals surface area contributed by atoms with E-state index in [4.69, 9.17) is 9.47 Å². The lowest BCUT2D eigenvalue weighted by Gasteiger charge is -2.13. The Morgan fingerprint density at radius 3 is 2.56 bits per heavy atom. The Bertz CT molecular complexity index is 1550. The Morgan fingerprint density at radius 2 is 1.92 bits per heavy atom. The van der Waals surface area contributed by atoms with Crippen LogP contribution in [-0.2, 0) is 0 Å². The van der Waals surface area contributed by atoms with Crippen molar-refractivity contribution in [2.24, 2.45) is 5.10 Å². The second-order valence-electron chi connectivity index (χ2n) is 7.89. The fourth-order valence-electron chi connectivity index (χ4n) is 3.31. The highest BCUT2D eigenvalue weighted by Crippen LogP contribution is 2.35. The topological polar surface area (TPSA) is 122 Å². The van der Waals surface area contributed by atoms with Crippen LogP contribution in [0.5, 0.6) is 17.4 Å². The number of fused-ring (bicyclic) bond motifs is 1. The van der Waals surface area contributed by atoms with E-state index >= 15 is 0 Å². The van der Waals surface area contributed by atoms with Crippen molar-refractivity contribution in [3.8, 4) is 17.4 Å². The van der Waals surface area contributed by atoms with Crippen LogP contribution in [0.1, 0.15) is 31.2 Å². The van der Waals surface area contributed by atoms with E-state index in [2.05, 4.69) is 46.9 Å². The number of nitrogens with zero attached hydrogens (tertiary/aromatic N) is 5. The summed E-state index contributed by atoms with van der Waals surface area (Å²) < 4.78 is 13.9. The largest absolute Gasteiger partial charge is 0.493 e. The molecule has 2 heterocycles. The molecule has 0 saturated heterocycles. The molecule has 12 heteroatoms. The average Bonchev–Trinajstić information content (AvgIpc) is 2.85. The van der Waals surface area contributed by atoms with Crippen molar-refractivity contribution in [3.05, 3.63) is 89.5 Å². The molecule has 2 aromatic carbocycles. The number of benzene rings is 2. The highest BCUT2D eigenvalue weighted by atomic mass is 79.9. The van der Waals surface area contributed by atoms with E-state index in [1.165, 1.54) is 30.1 Å². The lowest BCUT2D eigenvalue weighted by molar-refractivity contribution is -0.385. The quantitative estimate of drug-likeness (QED) is 0.141. The van der Waals surface area contributed by atoms with Crippen LogP contribution < -0.4 is 15.0 Å². The monoisotopic (exact) mass is 615 g/mol. The number of hydrogen-bond acceptors (Lipinski definition) is 8. The molecular weight excluding hydrogens is 598 g/mol. The molecule has 0 N–H and O–H groups in total. The molecule has 0 spiro atoms. The number of hydrogen-bond donors (Lipinski definition) is 0. The fraction of sp³-hybridized carbons (Fsp3) is 0.167. The summed E-state index contributed by atoms with van der Waals surface area (Å²) in [4.78, 5) is 32.1. The van der Waals surface area contributed by atoms with Crippen LogP contribution in [0.3, 0.4) is 0 Å². The minimum atomic E-state index is -0.540. The summed E-state index contributed by atoms with van der Waals surface area (Å²) >= 11 is 6.90. The van der Waals surface area contributed by atoms with Crippen LogP contribution in [0.4, 0.5) is 5.69 Å². The number of ether oxygens (including phenoxy) is 2. The maximum absolute atomic E-state index is 13.2.